The Kier molecular flexibility index (Phi) is 4.46. The molecule has 1 saturated carbocycles. The van der Waals surface area contributed by atoms with Gasteiger partial charge in [0, 0.05) is 30.8 Å². The highest BCUT2D eigenvalue weighted by Crippen LogP contribution is 2.24. The van der Waals surface area contributed by atoms with Crippen molar-refractivity contribution in [3.8, 4) is 5.69 Å². The minimum absolute atomic E-state index is 0.193. The van der Waals surface area contributed by atoms with E-state index in [2.05, 4.69) is 27.0 Å². The van der Waals surface area contributed by atoms with E-state index in [-0.39, 0.29) is 11.8 Å². The van der Waals surface area contributed by atoms with Crippen LogP contribution in [0.4, 0.5) is 0 Å². The third kappa shape index (κ3) is 3.27. The number of aromatic nitrogens is 3. The van der Waals surface area contributed by atoms with Crippen LogP contribution in [0.2, 0.25) is 0 Å². The molecule has 0 saturated heterocycles. The third-order valence-corrected chi connectivity index (χ3v) is 4.87. The third-order valence-electron chi connectivity index (χ3n) is 4.87. The zero-order chi connectivity index (χ0) is 17.1. The second-order valence-electron chi connectivity index (χ2n) is 6.57. The number of nitrogens with one attached hydrogen (secondary N) is 1. The van der Waals surface area contributed by atoms with E-state index in [4.69, 9.17) is 4.98 Å². The van der Waals surface area contributed by atoms with Gasteiger partial charge in [-0.3, -0.25) is 9.36 Å². The number of imidazole rings is 1. The van der Waals surface area contributed by atoms with E-state index in [0.717, 1.165) is 35.5 Å². The van der Waals surface area contributed by atoms with Crippen molar-refractivity contribution in [2.45, 2.75) is 32.1 Å². The highest BCUT2D eigenvalue weighted by atomic mass is 16.1. The second kappa shape index (κ2) is 7.05. The fourth-order valence-corrected chi connectivity index (χ4v) is 3.61. The van der Waals surface area contributed by atoms with Gasteiger partial charge in [-0.2, -0.15) is 0 Å². The molecule has 1 aliphatic carbocycles. The van der Waals surface area contributed by atoms with Gasteiger partial charge in [-0.15, -0.1) is 0 Å². The number of hydrogen-bond acceptors (Lipinski definition) is 3. The summed E-state index contributed by atoms with van der Waals surface area (Å²) in [6, 6.07) is 14.0. The topological polar surface area (TPSA) is 59.8 Å². The van der Waals surface area contributed by atoms with Crippen LogP contribution in [0.3, 0.4) is 0 Å². The first-order valence-electron chi connectivity index (χ1n) is 8.98. The first-order chi connectivity index (χ1) is 12.3. The summed E-state index contributed by atoms with van der Waals surface area (Å²) < 4.78 is 2.08. The van der Waals surface area contributed by atoms with Crippen molar-refractivity contribution in [3.63, 3.8) is 0 Å². The molecule has 1 N–H and O–H groups in total. The molecule has 0 spiro atoms. The van der Waals surface area contributed by atoms with Gasteiger partial charge in [-0.05, 0) is 37.1 Å². The maximum atomic E-state index is 12.2. The van der Waals surface area contributed by atoms with Crippen LogP contribution in [-0.2, 0) is 11.2 Å². The number of benzene rings is 1. The van der Waals surface area contributed by atoms with E-state index in [1.54, 1.807) is 6.20 Å². The fraction of sp³-hybridized carbons (Fsp3) is 0.350. The van der Waals surface area contributed by atoms with Crippen LogP contribution in [0.5, 0.6) is 0 Å². The van der Waals surface area contributed by atoms with Crippen molar-refractivity contribution in [1.29, 1.82) is 0 Å². The highest BCUT2D eigenvalue weighted by Gasteiger charge is 2.22. The normalized spacial score (nSPS) is 14.9. The first-order valence-corrected chi connectivity index (χ1v) is 8.98. The van der Waals surface area contributed by atoms with Crippen LogP contribution in [-0.4, -0.2) is 27.0 Å². The molecule has 2 aromatic heterocycles. The standard InChI is InChI=1S/C20H22N4O/c25-20(15-7-4-5-8-15)22-14-12-18-23-17-11-6-13-21-19(17)24(18)16-9-2-1-3-10-16/h1-3,6,9-11,13,15H,4-5,7-8,12,14H2,(H,22,25). The van der Waals surface area contributed by atoms with E-state index < -0.39 is 0 Å². The minimum Gasteiger partial charge on any atom is -0.355 e. The molecule has 0 bridgehead atoms. The van der Waals surface area contributed by atoms with E-state index in [0.29, 0.717) is 13.0 Å². The Morgan fingerprint density at radius 2 is 1.92 bits per heavy atom. The molecule has 25 heavy (non-hydrogen) atoms. The minimum atomic E-state index is 0.193. The lowest BCUT2D eigenvalue weighted by atomic mass is 10.1. The lowest BCUT2D eigenvalue weighted by Gasteiger charge is -2.11. The van der Waals surface area contributed by atoms with Crippen LogP contribution in [0.15, 0.2) is 48.7 Å². The molecule has 1 aliphatic rings. The molecule has 0 unspecified atom stereocenters. The largest absolute Gasteiger partial charge is 0.355 e. The molecule has 1 amide bonds. The maximum Gasteiger partial charge on any atom is 0.223 e. The maximum absolute atomic E-state index is 12.2. The van der Waals surface area contributed by atoms with Crippen LogP contribution in [0.1, 0.15) is 31.5 Å². The SMILES string of the molecule is O=C(NCCc1nc2cccnc2n1-c1ccccc1)C1CCCC1. The molecular formula is C20H22N4O. The lowest BCUT2D eigenvalue weighted by molar-refractivity contribution is -0.124. The summed E-state index contributed by atoms with van der Waals surface area (Å²) in [6.07, 6.45) is 6.87. The number of pyridine rings is 1. The molecule has 5 heteroatoms. The Morgan fingerprint density at radius 3 is 2.72 bits per heavy atom. The molecule has 3 aromatic rings. The van der Waals surface area contributed by atoms with Gasteiger partial charge in [0.1, 0.15) is 11.3 Å². The zero-order valence-electron chi connectivity index (χ0n) is 14.2. The zero-order valence-corrected chi connectivity index (χ0v) is 14.2. The van der Waals surface area contributed by atoms with E-state index in [1.165, 1.54) is 12.8 Å². The number of carbonyl (C=O) groups is 1. The molecule has 0 radical (unpaired) electrons. The van der Waals surface area contributed by atoms with Gasteiger partial charge < -0.3 is 5.32 Å². The summed E-state index contributed by atoms with van der Waals surface area (Å²) in [6.45, 7) is 0.603. The van der Waals surface area contributed by atoms with Crippen LogP contribution >= 0.6 is 0 Å². The second-order valence-corrected chi connectivity index (χ2v) is 6.57. The van der Waals surface area contributed by atoms with Gasteiger partial charge in [0.15, 0.2) is 5.65 Å². The Morgan fingerprint density at radius 1 is 1.12 bits per heavy atom. The Balaban J connectivity index is 1.55. The average molecular weight is 334 g/mol. The van der Waals surface area contributed by atoms with Crippen LogP contribution in [0, 0.1) is 5.92 Å². The van der Waals surface area contributed by atoms with Gasteiger partial charge in [0.05, 0.1) is 0 Å². The summed E-state index contributed by atoms with van der Waals surface area (Å²) in [4.78, 5) is 21.4. The van der Waals surface area contributed by atoms with E-state index in [9.17, 15) is 4.79 Å². The molecule has 4 rings (SSSR count). The van der Waals surface area contributed by atoms with Gasteiger partial charge in [0.25, 0.3) is 0 Å². The number of amides is 1. The van der Waals surface area contributed by atoms with Crippen LogP contribution in [0.25, 0.3) is 16.9 Å². The molecule has 1 fully saturated rings. The molecule has 2 heterocycles. The Labute approximate surface area is 147 Å². The van der Waals surface area contributed by atoms with Gasteiger partial charge in [0.2, 0.25) is 5.91 Å². The number of rotatable bonds is 5. The highest BCUT2D eigenvalue weighted by molar-refractivity contribution is 5.79. The Bertz CT molecular complexity index is 866. The van der Waals surface area contributed by atoms with E-state index in [1.807, 2.05) is 30.3 Å². The van der Waals surface area contributed by atoms with Gasteiger partial charge >= 0.3 is 0 Å². The van der Waals surface area contributed by atoms with Crippen molar-refractivity contribution in [2.75, 3.05) is 6.54 Å². The molecule has 5 nitrogen and oxygen atoms in total. The van der Waals surface area contributed by atoms with Crippen LogP contribution < -0.4 is 5.32 Å². The predicted molar refractivity (Wildman–Crippen MR) is 97.5 cm³/mol. The molecule has 128 valence electrons. The molecular weight excluding hydrogens is 312 g/mol. The smallest absolute Gasteiger partial charge is 0.223 e. The number of fused-ring (bicyclic) bond motifs is 1. The van der Waals surface area contributed by atoms with Crippen molar-refractivity contribution >= 4 is 17.1 Å². The quantitative estimate of drug-likeness (QED) is 0.779. The fourth-order valence-electron chi connectivity index (χ4n) is 3.61. The molecule has 0 aliphatic heterocycles. The molecule has 0 atom stereocenters. The van der Waals surface area contributed by atoms with Gasteiger partial charge in [-0.25, -0.2) is 9.97 Å². The number of hydrogen-bond donors (Lipinski definition) is 1. The van der Waals surface area contributed by atoms with Gasteiger partial charge in [-0.1, -0.05) is 31.0 Å². The predicted octanol–water partition coefficient (Wildman–Crippen LogP) is 3.27. The van der Waals surface area contributed by atoms with Crippen molar-refractivity contribution in [2.24, 2.45) is 5.92 Å². The van der Waals surface area contributed by atoms with Crippen molar-refractivity contribution < 1.29 is 4.79 Å². The number of para-hydroxylation sites is 1. The summed E-state index contributed by atoms with van der Waals surface area (Å²) in [7, 11) is 0. The average Bonchev–Trinajstić information content (AvgIpc) is 3.30. The van der Waals surface area contributed by atoms with E-state index >= 15 is 0 Å². The molecule has 1 aromatic carbocycles. The summed E-state index contributed by atoms with van der Waals surface area (Å²) >= 11 is 0. The first kappa shape index (κ1) is 15.8. The van der Waals surface area contributed by atoms with Crippen molar-refractivity contribution in [1.82, 2.24) is 19.9 Å². The monoisotopic (exact) mass is 334 g/mol. The summed E-state index contributed by atoms with van der Waals surface area (Å²) in [5, 5.41) is 3.08. The Hall–Kier alpha value is -2.69. The number of carbonyl (C=O) groups excluding carboxylic acids is 1. The lowest BCUT2D eigenvalue weighted by Crippen LogP contribution is -2.31. The van der Waals surface area contributed by atoms with Crippen molar-refractivity contribution in [3.05, 3.63) is 54.5 Å². The summed E-state index contributed by atoms with van der Waals surface area (Å²) in [5.41, 5.74) is 2.77. The summed E-state index contributed by atoms with van der Waals surface area (Å²) in [5.74, 6) is 1.32. The number of nitrogens with zero attached hydrogens (tertiary/aromatic N) is 3.